The van der Waals surface area contributed by atoms with Crippen molar-refractivity contribution >= 4 is 35.4 Å². The lowest BCUT2D eigenvalue weighted by molar-refractivity contribution is 0.577. The molecule has 33 heavy (non-hydrogen) atoms. The Labute approximate surface area is 198 Å². The molecule has 176 valence electrons. The van der Waals surface area contributed by atoms with Gasteiger partial charge >= 0.3 is 0 Å². The summed E-state index contributed by atoms with van der Waals surface area (Å²) in [7, 11) is -6.88. The molecule has 3 aromatic rings. The van der Waals surface area contributed by atoms with Crippen LogP contribution in [-0.2, 0) is 24.3 Å². The number of hydrogen-bond acceptors (Lipinski definition) is 5. The summed E-state index contributed by atoms with van der Waals surface area (Å²) in [6.07, 6.45) is 0. The topological polar surface area (TPSA) is 80.3 Å². The first-order valence-corrected chi connectivity index (χ1v) is 14.4. The van der Waals surface area contributed by atoms with Gasteiger partial charge < -0.3 is 0 Å². The second kappa shape index (κ2) is 9.12. The first-order valence-electron chi connectivity index (χ1n) is 10.1. The second-order valence-corrected chi connectivity index (χ2v) is 14.3. The van der Waals surface area contributed by atoms with E-state index in [1.165, 1.54) is 12.1 Å². The molecular weight excluding hydrogens is 481 g/mol. The van der Waals surface area contributed by atoms with Crippen molar-refractivity contribution < 1.29 is 21.2 Å². The number of nitrogens with one attached hydrogen (secondary N) is 1. The SMILES string of the molecule is Cc1ccc(S(=O)(=O)Sc2cc(C)c(NS(=O)(=O)c3ccc(F)cc3)cc2C(C)(C)C)cc1. The highest BCUT2D eigenvalue weighted by molar-refractivity contribution is 8.72. The Kier molecular flexibility index (Phi) is 6.98. The predicted octanol–water partition coefficient (Wildman–Crippen LogP) is 6.02. The molecule has 0 aliphatic carbocycles. The van der Waals surface area contributed by atoms with Gasteiger partial charge in [0.25, 0.3) is 10.0 Å². The molecule has 3 aromatic carbocycles. The third-order valence-corrected chi connectivity index (χ3v) is 9.75. The molecule has 0 heterocycles. The van der Waals surface area contributed by atoms with Crippen molar-refractivity contribution in [2.75, 3.05) is 4.72 Å². The lowest BCUT2D eigenvalue weighted by atomic mass is 9.86. The highest BCUT2D eigenvalue weighted by Crippen LogP contribution is 2.41. The van der Waals surface area contributed by atoms with Crippen molar-refractivity contribution in [3.8, 4) is 0 Å². The maximum Gasteiger partial charge on any atom is 0.261 e. The van der Waals surface area contributed by atoms with Gasteiger partial charge in [0.05, 0.1) is 15.5 Å². The normalized spacial score (nSPS) is 12.5. The Balaban J connectivity index is 2.03. The minimum absolute atomic E-state index is 0.0685. The fraction of sp³-hybridized carbons (Fsp3) is 0.250. The van der Waals surface area contributed by atoms with E-state index in [0.29, 0.717) is 21.7 Å². The molecule has 9 heteroatoms. The molecule has 0 atom stereocenters. The van der Waals surface area contributed by atoms with Crippen LogP contribution in [-0.4, -0.2) is 16.8 Å². The first kappa shape index (κ1) is 25.3. The summed E-state index contributed by atoms with van der Waals surface area (Å²) >= 11 is 0. The lowest BCUT2D eigenvalue weighted by Crippen LogP contribution is -2.17. The summed E-state index contributed by atoms with van der Waals surface area (Å²) in [5.41, 5.74) is 2.08. The molecule has 0 aliphatic rings. The van der Waals surface area contributed by atoms with Crippen LogP contribution >= 0.6 is 10.8 Å². The number of rotatable bonds is 6. The van der Waals surface area contributed by atoms with Gasteiger partial charge in [-0.1, -0.05) is 38.5 Å². The zero-order chi connectivity index (χ0) is 24.6. The van der Waals surface area contributed by atoms with Crippen molar-refractivity contribution in [1.82, 2.24) is 0 Å². The van der Waals surface area contributed by atoms with Crippen LogP contribution in [0.4, 0.5) is 10.1 Å². The second-order valence-electron chi connectivity index (χ2n) is 8.82. The van der Waals surface area contributed by atoms with Crippen molar-refractivity contribution in [3.63, 3.8) is 0 Å². The van der Waals surface area contributed by atoms with Gasteiger partial charge in [0.1, 0.15) is 5.82 Å². The van der Waals surface area contributed by atoms with Crippen molar-refractivity contribution in [1.29, 1.82) is 0 Å². The molecule has 0 aliphatic heterocycles. The van der Waals surface area contributed by atoms with Crippen LogP contribution < -0.4 is 4.72 Å². The monoisotopic (exact) mass is 507 g/mol. The molecule has 0 radical (unpaired) electrons. The third kappa shape index (κ3) is 5.96. The van der Waals surface area contributed by atoms with E-state index >= 15 is 0 Å². The Bertz CT molecular complexity index is 1380. The van der Waals surface area contributed by atoms with Crippen LogP contribution in [0.5, 0.6) is 0 Å². The zero-order valence-corrected chi connectivity index (χ0v) is 21.5. The molecule has 0 aromatic heterocycles. The largest absolute Gasteiger partial charge is 0.279 e. The molecule has 0 amide bonds. The van der Waals surface area contributed by atoms with Crippen LogP contribution in [0.15, 0.2) is 75.4 Å². The van der Waals surface area contributed by atoms with Crippen LogP contribution in [0, 0.1) is 19.7 Å². The lowest BCUT2D eigenvalue weighted by Gasteiger charge is -2.25. The van der Waals surface area contributed by atoms with Crippen LogP contribution in [0.25, 0.3) is 0 Å². The molecule has 1 N–H and O–H groups in total. The number of aryl methyl sites for hydroxylation is 2. The number of halogens is 1. The Morgan fingerprint density at radius 3 is 1.91 bits per heavy atom. The van der Waals surface area contributed by atoms with Crippen molar-refractivity contribution in [3.05, 3.63) is 83.2 Å². The zero-order valence-electron chi connectivity index (χ0n) is 19.0. The summed E-state index contributed by atoms with van der Waals surface area (Å²) in [6, 6.07) is 14.5. The smallest absolute Gasteiger partial charge is 0.261 e. The van der Waals surface area contributed by atoms with E-state index in [1.807, 2.05) is 27.7 Å². The van der Waals surface area contributed by atoms with Gasteiger partial charge in [-0.2, -0.15) is 0 Å². The van der Waals surface area contributed by atoms with Gasteiger partial charge in [-0.05, 0) is 78.9 Å². The standard InChI is InChI=1S/C24H26FNO4S3/c1-16-6-10-20(11-7-16)33(29,30)31-23-14-17(2)22(15-21(23)24(3,4)5)26-32(27,28)19-12-8-18(25)9-13-19/h6-15,26H,1-5H3. The number of anilines is 1. The van der Waals surface area contributed by atoms with E-state index in [1.54, 1.807) is 43.3 Å². The maximum absolute atomic E-state index is 13.2. The first-order chi connectivity index (χ1) is 15.2. The fourth-order valence-electron chi connectivity index (χ4n) is 3.14. The van der Waals surface area contributed by atoms with Gasteiger partial charge in [-0.25, -0.2) is 21.2 Å². The minimum atomic E-state index is -3.95. The average Bonchev–Trinajstić information content (AvgIpc) is 2.69. The van der Waals surface area contributed by atoms with E-state index in [0.717, 1.165) is 28.5 Å². The molecule has 3 rings (SSSR count). The minimum Gasteiger partial charge on any atom is -0.279 e. The highest BCUT2D eigenvalue weighted by atomic mass is 33.1. The third-order valence-electron chi connectivity index (χ3n) is 5.01. The summed E-state index contributed by atoms with van der Waals surface area (Å²) < 4.78 is 67.5. The van der Waals surface area contributed by atoms with Gasteiger partial charge in [0.15, 0.2) is 0 Å². The predicted molar refractivity (Wildman–Crippen MR) is 131 cm³/mol. The van der Waals surface area contributed by atoms with E-state index in [4.69, 9.17) is 0 Å². The van der Waals surface area contributed by atoms with Crippen molar-refractivity contribution in [2.45, 2.75) is 54.7 Å². The summed E-state index contributed by atoms with van der Waals surface area (Å²) in [5.74, 6) is -0.531. The van der Waals surface area contributed by atoms with Crippen molar-refractivity contribution in [2.24, 2.45) is 0 Å². The number of sulfonamides is 1. The molecule has 0 spiro atoms. The maximum atomic E-state index is 13.2. The molecule has 0 saturated heterocycles. The van der Waals surface area contributed by atoms with Gasteiger partial charge in [0, 0.05) is 15.7 Å². The van der Waals surface area contributed by atoms with Gasteiger partial charge in [0.2, 0.25) is 8.87 Å². The van der Waals surface area contributed by atoms with Gasteiger partial charge in [-0.3, -0.25) is 4.72 Å². The summed E-state index contributed by atoms with van der Waals surface area (Å²) in [4.78, 5) is 0.669. The number of benzene rings is 3. The van der Waals surface area contributed by atoms with Crippen LogP contribution in [0.2, 0.25) is 0 Å². The molecule has 0 unspecified atom stereocenters. The molecule has 0 fully saturated rings. The Morgan fingerprint density at radius 1 is 0.818 bits per heavy atom. The average molecular weight is 508 g/mol. The van der Waals surface area contributed by atoms with Crippen LogP contribution in [0.1, 0.15) is 37.5 Å². The van der Waals surface area contributed by atoms with E-state index < -0.39 is 30.1 Å². The van der Waals surface area contributed by atoms with E-state index in [2.05, 4.69) is 4.72 Å². The van der Waals surface area contributed by atoms with Gasteiger partial charge in [-0.15, -0.1) is 0 Å². The van der Waals surface area contributed by atoms with Crippen LogP contribution in [0.3, 0.4) is 0 Å². The summed E-state index contributed by atoms with van der Waals surface area (Å²) in [5, 5.41) is 0. The molecule has 0 saturated carbocycles. The van der Waals surface area contributed by atoms with E-state index in [9.17, 15) is 21.2 Å². The fourth-order valence-corrected chi connectivity index (χ4v) is 7.48. The molecule has 0 bridgehead atoms. The van der Waals surface area contributed by atoms with E-state index in [-0.39, 0.29) is 9.79 Å². The quantitative estimate of drug-likeness (QED) is 0.413. The molecule has 5 nitrogen and oxygen atoms in total. The Morgan fingerprint density at radius 2 is 1.36 bits per heavy atom. The molecular formula is C24H26FNO4S3. The Hall–Kier alpha value is -2.36. The highest BCUT2D eigenvalue weighted by Gasteiger charge is 2.26. The summed E-state index contributed by atoms with van der Waals surface area (Å²) in [6.45, 7) is 9.38. The number of hydrogen-bond donors (Lipinski definition) is 1.